The van der Waals surface area contributed by atoms with Crippen LogP contribution in [0.15, 0.2) is 29.2 Å². The number of aliphatic hydroxyl groups excluding tert-OH is 4. The van der Waals surface area contributed by atoms with Crippen molar-refractivity contribution in [3.63, 3.8) is 0 Å². The minimum absolute atomic E-state index is 0.277. The van der Waals surface area contributed by atoms with E-state index in [0.29, 0.717) is 4.31 Å². The van der Waals surface area contributed by atoms with Gasteiger partial charge in [-0.15, -0.1) is 4.31 Å². The highest BCUT2D eigenvalue weighted by atomic mass is 32.2. The lowest BCUT2D eigenvalue weighted by atomic mass is 9.98. The summed E-state index contributed by atoms with van der Waals surface area (Å²) in [6, 6.07) is 3.82. The standard InChI is InChI=1S/C18H27NO9S/c1-10(2)14(17(24)25)19(29(26,27)12-6-4-11(3)5-7-12)18(9-21)16(23)15(22)13(8-20)28-18/h4-7,10,13-16,20-23H,8-9H2,1-3H3,(H,24,25)/t13-,14+,15-,16+,18?/m1/s1. The number of hydrogen-bond donors (Lipinski definition) is 5. The Labute approximate surface area is 169 Å². The number of benzene rings is 1. The third kappa shape index (κ3) is 4.04. The molecule has 11 heteroatoms. The van der Waals surface area contributed by atoms with E-state index in [9.17, 15) is 38.7 Å². The fourth-order valence-electron chi connectivity index (χ4n) is 3.47. The van der Waals surface area contributed by atoms with Crippen molar-refractivity contribution in [2.24, 2.45) is 5.92 Å². The van der Waals surface area contributed by atoms with Gasteiger partial charge in [0, 0.05) is 0 Å². The van der Waals surface area contributed by atoms with Crippen LogP contribution in [0.1, 0.15) is 19.4 Å². The van der Waals surface area contributed by atoms with Gasteiger partial charge < -0.3 is 30.3 Å². The number of carboxylic acids is 1. The fraction of sp³-hybridized carbons (Fsp3) is 0.611. The van der Waals surface area contributed by atoms with Crippen LogP contribution < -0.4 is 0 Å². The van der Waals surface area contributed by atoms with Gasteiger partial charge in [0.1, 0.15) is 24.4 Å². The number of aliphatic carboxylic acids is 1. The minimum atomic E-state index is -4.63. The molecule has 1 aromatic rings. The van der Waals surface area contributed by atoms with Gasteiger partial charge in [0.15, 0.2) is 5.72 Å². The first-order valence-corrected chi connectivity index (χ1v) is 10.5. The first-order valence-electron chi connectivity index (χ1n) is 9.03. The zero-order valence-electron chi connectivity index (χ0n) is 16.3. The van der Waals surface area contributed by atoms with E-state index >= 15 is 0 Å². The number of carbonyl (C=O) groups is 1. The molecule has 0 bridgehead atoms. The second-order valence-electron chi connectivity index (χ2n) is 7.42. The second kappa shape index (κ2) is 8.64. The highest BCUT2D eigenvalue weighted by Gasteiger charge is 2.63. The summed E-state index contributed by atoms with van der Waals surface area (Å²) in [6.45, 7) is 2.73. The van der Waals surface area contributed by atoms with Crippen molar-refractivity contribution in [1.82, 2.24) is 4.31 Å². The van der Waals surface area contributed by atoms with E-state index in [1.54, 1.807) is 6.92 Å². The van der Waals surface area contributed by atoms with Crippen molar-refractivity contribution >= 4 is 16.0 Å². The Balaban J connectivity index is 2.77. The Morgan fingerprint density at radius 2 is 1.76 bits per heavy atom. The smallest absolute Gasteiger partial charge is 0.322 e. The summed E-state index contributed by atoms with van der Waals surface area (Å²) < 4.78 is 32.9. The van der Waals surface area contributed by atoms with Crippen molar-refractivity contribution in [3.05, 3.63) is 29.8 Å². The molecule has 1 heterocycles. The molecule has 0 aliphatic carbocycles. The number of ether oxygens (including phenoxy) is 1. The van der Waals surface area contributed by atoms with Gasteiger partial charge in [0.05, 0.1) is 18.1 Å². The Morgan fingerprint density at radius 3 is 2.14 bits per heavy atom. The van der Waals surface area contributed by atoms with E-state index in [2.05, 4.69) is 0 Å². The van der Waals surface area contributed by atoms with Gasteiger partial charge in [-0.05, 0) is 25.0 Å². The number of carboxylic acid groups (broad SMARTS) is 1. The van der Waals surface area contributed by atoms with Crippen LogP contribution in [0.4, 0.5) is 0 Å². The molecule has 1 unspecified atom stereocenters. The molecule has 0 amide bonds. The molecular weight excluding hydrogens is 406 g/mol. The van der Waals surface area contributed by atoms with E-state index in [0.717, 1.165) is 5.56 Å². The van der Waals surface area contributed by atoms with Crippen LogP contribution >= 0.6 is 0 Å². The predicted molar refractivity (Wildman–Crippen MR) is 100 cm³/mol. The van der Waals surface area contributed by atoms with Crippen LogP contribution in [0, 0.1) is 12.8 Å². The molecule has 5 N–H and O–H groups in total. The summed E-state index contributed by atoms with van der Waals surface area (Å²) in [7, 11) is -4.63. The van der Waals surface area contributed by atoms with Gasteiger partial charge in [-0.2, -0.15) is 0 Å². The first kappa shape index (κ1) is 23.7. The molecule has 0 radical (unpaired) electrons. The average Bonchev–Trinajstić information content (AvgIpc) is 2.90. The molecule has 1 aliphatic rings. The molecule has 0 aromatic heterocycles. The summed E-state index contributed by atoms with van der Waals surface area (Å²) in [5.41, 5.74) is -1.75. The zero-order valence-corrected chi connectivity index (χ0v) is 17.2. The van der Waals surface area contributed by atoms with Crippen molar-refractivity contribution in [3.8, 4) is 0 Å². The molecule has 1 saturated heterocycles. The normalized spacial score (nSPS) is 28.8. The Morgan fingerprint density at radius 1 is 1.21 bits per heavy atom. The molecule has 0 spiro atoms. The zero-order chi connectivity index (χ0) is 22.1. The number of sulfonamides is 1. The van der Waals surface area contributed by atoms with E-state index in [1.165, 1.54) is 38.1 Å². The molecule has 1 aliphatic heterocycles. The lowest BCUT2D eigenvalue weighted by Crippen LogP contribution is -2.66. The number of aliphatic hydroxyl groups is 4. The van der Waals surface area contributed by atoms with Crippen LogP contribution in [-0.2, 0) is 19.6 Å². The number of nitrogens with zero attached hydrogens (tertiary/aromatic N) is 1. The van der Waals surface area contributed by atoms with Crippen molar-refractivity contribution in [2.75, 3.05) is 13.2 Å². The third-order valence-electron chi connectivity index (χ3n) is 5.02. The molecular formula is C18H27NO9S. The largest absolute Gasteiger partial charge is 0.480 e. The van der Waals surface area contributed by atoms with Gasteiger partial charge in [-0.25, -0.2) is 8.42 Å². The van der Waals surface area contributed by atoms with Crippen molar-refractivity contribution in [2.45, 2.75) is 55.7 Å². The van der Waals surface area contributed by atoms with E-state index < -0.39 is 65.2 Å². The lowest BCUT2D eigenvalue weighted by molar-refractivity contribution is -0.197. The monoisotopic (exact) mass is 433 g/mol. The van der Waals surface area contributed by atoms with Gasteiger partial charge in [0.2, 0.25) is 10.0 Å². The van der Waals surface area contributed by atoms with Gasteiger partial charge in [-0.1, -0.05) is 31.5 Å². The molecule has 1 fully saturated rings. The topological polar surface area (TPSA) is 165 Å². The average molecular weight is 433 g/mol. The Bertz CT molecular complexity index is 826. The summed E-state index contributed by atoms with van der Waals surface area (Å²) in [5, 5.41) is 50.1. The first-order chi connectivity index (χ1) is 13.4. The van der Waals surface area contributed by atoms with Crippen LogP contribution in [0.25, 0.3) is 0 Å². The van der Waals surface area contributed by atoms with E-state index in [-0.39, 0.29) is 4.90 Å². The second-order valence-corrected chi connectivity index (χ2v) is 9.23. The summed E-state index contributed by atoms with van der Waals surface area (Å²) in [6.07, 6.45) is -5.18. The molecule has 2 rings (SSSR count). The predicted octanol–water partition coefficient (Wildman–Crippen LogP) is -1.10. The van der Waals surface area contributed by atoms with Gasteiger partial charge in [-0.3, -0.25) is 4.79 Å². The number of rotatable bonds is 8. The molecule has 5 atom stereocenters. The van der Waals surface area contributed by atoms with Gasteiger partial charge in [0.25, 0.3) is 0 Å². The summed E-state index contributed by atoms with van der Waals surface area (Å²) >= 11 is 0. The number of aryl methyl sites for hydroxylation is 1. The van der Waals surface area contributed by atoms with Crippen LogP contribution in [0.5, 0.6) is 0 Å². The lowest BCUT2D eigenvalue weighted by Gasteiger charge is -2.44. The van der Waals surface area contributed by atoms with E-state index in [1.807, 2.05) is 0 Å². The number of hydrogen-bond acceptors (Lipinski definition) is 8. The minimum Gasteiger partial charge on any atom is -0.480 e. The van der Waals surface area contributed by atoms with Crippen molar-refractivity contribution < 1.29 is 43.5 Å². The quantitative estimate of drug-likeness (QED) is 0.342. The maximum atomic E-state index is 13.5. The fourth-order valence-corrected chi connectivity index (χ4v) is 5.42. The van der Waals surface area contributed by atoms with Crippen LogP contribution in [-0.4, -0.2) is 87.5 Å². The summed E-state index contributed by atoms with van der Waals surface area (Å²) in [4.78, 5) is 11.8. The molecule has 29 heavy (non-hydrogen) atoms. The molecule has 10 nitrogen and oxygen atoms in total. The third-order valence-corrected chi connectivity index (χ3v) is 6.94. The SMILES string of the molecule is Cc1ccc(S(=O)(=O)N([C@H](C(=O)O)C(C)C)C2(CO)O[C@H](CO)[C@@H](O)[C@@H]2O)cc1. The van der Waals surface area contributed by atoms with E-state index in [4.69, 9.17) is 4.74 Å². The Kier molecular flexibility index (Phi) is 7.05. The van der Waals surface area contributed by atoms with Crippen molar-refractivity contribution in [1.29, 1.82) is 0 Å². The maximum Gasteiger partial charge on any atom is 0.322 e. The Hall–Kier alpha value is -1.60. The molecule has 164 valence electrons. The maximum absolute atomic E-state index is 13.5. The highest BCUT2D eigenvalue weighted by molar-refractivity contribution is 7.89. The highest BCUT2D eigenvalue weighted by Crippen LogP contribution is 2.40. The molecule has 1 aromatic carbocycles. The van der Waals surface area contributed by atoms with Crippen LogP contribution in [0.3, 0.4) is 0 Å². The molecule has 0 saturated carbocycles. The van der Waals surface area contributed by atoms with Gasteiger partial charge >= 0.3 is 5.97 Å². The summed E-state index contributed by atoms with van der Waals surface area (Å²) in [5.74, 6) is -2.32. The van der Waals surface area contributed by atoms with Crippen LogP contribution in [0.2, 0.25) is 0 Å².